The third-order valence-corrected chi connectivity index (χ3v) is 3.93. The smallest absolute Gasteiger partial charge is 0.0460 e. The highest BCUT2D eigenvalue weighted by Crippen LogP contribution is 2.28. The Labute approximate surface area is 123 Å². The van der Waals surface area contributed by atoms with Crippen molar-refractivity contribution < 1.29 is 0 Å². The number of aromatic nitrogens is 1. The number of halogens is 1. The van der Waals surface area contributed by atoms with E-state index in [2.05, 4.69) is 35.8 Å². The topological polar surface area (TPSA) is 15.8 Å². The van der Waals surface area contributed by atoms with Crippen molar-refractivity contribution in [2.45, 2.75) is 13.3 Å². The van der Waals surface area contributed by atoms with E-state index in [1.54, 1.807) is 0 Å². The molecule has 0 aliphatic carbocycles. The van der Waals surface area contributed by atoms with Gasteiger partial charge in [-0.15, -0.1) is 0 Å². The first kappa shape index (κ1) is 13.0. The molecule has 0 bridgehead atoms. The fraction of sp³-hybridized carbons (Fsp3) is 0.111. The van der Waals surface area contributed by atoms with Gasteiger partial charge in [-0.05, 0) is 42.2 Å². The van der Waals surface area contributed by atoms with E-state index >= 15 is 0 Å². The predicted octanol–water partition coefficient (Wildman–Crippen LogP) is 5.39. The zero-order valence-corrected chi connectivity index (χ0v) is 12.2. The van der Waals surface area contributed by atoms with Crippen LogP contribution in [0.15, 0.2) is 55.2 Å². The maximum Gasteiger partial charge on any atom is 0.0460 e. The summed E-state index contributed by atoms with van der Waals surface area (Å²) < 4.78 is 0. The monoisotopic (exact) mass is 281 g/mol. The minimum absolute atomic E-state index is 0.765. The lowest BCUT2D eigenvalue weighted by atomic mass is 9.98. The summed E-state index contributed by atoms with van der Waals surface area (Å²) in [5.41, 5.74) is 5.67. The fourth-order valence-electron chi connectivity index (χ4n) is 2.48. The van der Waals surface area contributed by atoms with E-state index in [9.17, 15) is 0 Å². The zero-order chi connectivity index (χ0) is 14.1. The number of hydrogen-bond acceptors (Lipinski definition) is 0. The van der Waals surface area contributed by atoms with E-state index < -0.39 is 0 Å². The lowest BCUT2D eigenvalue weighted by Gasteiger charge is -2.08. The van der Waals surface area contributed by atoms with Gasteiger partial charge in [-0.1, -0.05) is 48.5 Å². The average molecular weight is 282 g/mol. The third kappa shape index (κ3) is 2.37. The Morgan fingerprint density at radius 1 is 1.20 bits per heavy atom. The Morgan fingerprint density at radius 3 is 2.80 bits per heavy atom. The van der Waals surface area contributed by atoms with Gasteiger partial charge in [0.15, 0.2) is 0 Å². The van der Waals surface area contributed by atoms with Crippen molar-refractivity contribution in [2.24, 2.45) is 0 Å². The zero-order valence-electron chi connectivity index (χ0n) is 11.4. The Hall–Kier alpha value is -1.99. The molecule has 0 radical (unpaired) electrons. The number of benzene rings is 2. The number of H-pyrrole nitrogens is 1. The normalized spacial score (nSPS) is 10.9. The highest BCUT2D eigenvalue weighted by molar-refractivity contribution is 6.31. The van der Waals surface area contributed by atoms with Crippen LogP contribution < -0.4 is 0 Å². The second-order valence-electron chi connectivity index (χ2n) is 5.12. The highest BCUT2D eigenvalue weighted by Gasteiger charge is 2.09. The number of rotatable bonds is 3. The van der Waals surface area contributed by atoms with Crippen LogP contribution in [-0.2, 0) is 6.42 Å². The third-order valence-electron chi connectivity index (χ3n) is 3.58. The molecule has 0 unspecified atom stereocenters. The van der Waals surface area contributed by atoms with Crippen molar-refractivity contribution in [1.82, 2.24) is 4.98 Å². The summed E-state index contributed by atoms with van der Waals surface area (Å²) in [7, 11) is 0. The number of para-hydroxylation sites is 1. The van der Waals surface area contributed by atoms with Crippen molar-refractivity contribution in [3.63, 3.8) is 0 Å². The van der Waals surface area contributed by atoms with E-state index in [0.29, 0.717) is 0 Å². The van der Waals surface area contributed by atoms with Crippen LogP contribution in [0.1, 0.15) is 16.7 Å². The maximum absolute atomic E-state index is 6.30. The molecule has 1 heterocycles. The molecule has 1 nitrogen and oxygen atoms in total. The lowest BCUT2D eigenvalue weighted by molar-refractivity contribution is 1.27. The van der Waals surface area contributed by atoms with Crippen molar-refractivity contribution in [2.75, 3.05) is 0 Å². The molecule has 0 amide bonds. The van der Waals surface area contributed by atoms with Gasteiger partial charge in [-0.3, -0.25) is 0 Å². The molecule has 3 rings (SSSR count). The van der Waals surface area contributed by atoms with Crippen molar-refractivity contribution in [3.8, 4) is 0 Å². The van der Waals surface area contributed by atoms with Gasteiger partial charge < -0.3 is 4.98 Å². The van der Waals surface area contributed by atoms with Gasteiger partial charge in [-0.2, -0.15) is 0 Å². The molecule has 0 saturated carbocycles. The quantitative estimate of drug-likeness (QED) is 0.663. The molecule has 100 valence electrons. The molecule has 2 aromatic carbocycles. The first-order valence-corrected chi connectivity index (χ1v) is 7.02. The van der Waals surface area contributed by atoms with Gasteiger partial charge >= 0.3 is 0 Å². The molecule has 0 aliphatic rings. The van der Waals surface area contributed by atoms with E-state index in [-0.39, 0.29) is 0 Å². The number of fused-ring (bicyclic) bond motifs is 1. The Balaban J connectivity index is 1.93. The van der Waals surface area contributed by atoms with Crippen LogP contribution in [0.25, 0.3) is 16.5 Å². The van der Waals surface area contributed by atoms with E-state index in [1.807, 2.05) is 31.3 Å². The second kappa shape index (κ2) is 5.18. The second-order valence-corrected chi connectivity index (χ2v) is 5.53. The van der Waals surface area contributed by atoms with Gasteiger partial charge in [0.05, 0.1) is 0 Å². The maximum atomic E-state index is 6.30. The van der Waals surface area contributed by atoms with Crippen LogP contribution in [0.4, 0.5) is 0 Å². The number of hydrogen-bond donors (Lipinski definition) is 1. The molecule has 2 heteroatoms. The molecule has 1 aromatic heterocycles. The lowest BCUT2D eigenvalue weighted by Crippen LogP contribution is -1.90. The molecule has 1 N–H and O–H groups in total. The molecule has 0 aliphatic heterocycles. The summed E-state index contributed by atoms with van der Waals surface area (Å²) >= 11 is 6.30. The molecular formula is C18H16ClN. The average Bonchev–Trinajstić information content (AvgIpc) is 2.86. The molecule has 0 fully saturated rings. The van der Waals surface area contributed by atoms with Crippen LogP contribution in [0.3, 0.4) is 0 Å². The standard InChI is InChI=1S/C18H16ClN/c1-12-7-8-14(17(19)9-12)10-13(2)16-11-20-18-6-4-3-5-15(16)18/h3-9,11,20H,2,10H2,1H3. The van der Waals surface area contributed by atoms with Crippen LogP contribution in [-0.4, -0.2) is 4.98 Å². The first-order chi connectivity index (χ1) is 9.65. The van der Waals surface area contributed by atoms with Gasteiger partial charge in [-0.25, -0.2) is 0 Å². The van der Waals surface area contributed by atoms with Gasteiger partial charge in [0, 0.05) is 27.7 Å². The van der Waals surface area contributed by atoms with Crippen molar-refractivity contribution >= 4 is 28.1 Å². The van der Waals surface area contributed by atoms with Crippen molar-refractivity contribution in [3.05, 3.63) is 77.0 Å². The van der Waals surface area contributed by atoms with Crippen molar-refractivity contribution in [1.29, 1.82) is 0 Å². The molecule has 0 saturated heterocycles. The number of nitrogens with one attached hydrogen (secondary N) is 1. The summed E-state index contributed by atoms with van der Waals surface area (Å²) in [5, 5.41) is 2.02. The molecule has 3 aromatic rings. The minimum atomic E-state index is 0.765. The van der Waals surface area contributed by atoms with Gasteiger partial charge in [0.25, 0.3) is 0 Å². The molecule has 0 spiro atoms. The van der Waals surface area contributed by atoms with E-state index in [1.165, 1.54) is 10.9 Å². The molecule has 20 heavy (non-hydrogen) atoms. The molecular weight excluding hydrogens is 266 g/mol. The summed E-state index contributed by atoms with van der Waals surface area (Å²) in [6.45, 7) is 6.27. The fourth-order valence-corrected chi connectivity index (χ4v) is 2.79. The molecule has 0 atom stereocenters. The first-order valence-electron chi connectivity index (χ1n) is 6.64. The summed E-state index contributed by atoms with van der Waals surface area (Å²) in [5.74, 6) is 0. The van der Waals surface area contributed by atoms with E-state index in [0.717, 1.165) is 33.7 Å². The van der Waals surface area contributed by atoms with E-state index in [4.69, 9.17) is 11.6 Å². The van der Waals surface area contributed by atoms with Gasteiger partial charge in [0.2, 0.25) is 0 Å². The van der Waals surface area contributed by atoms with Crippen LogP contribution in [0.5, 0.6) is 0 Å². The highest BCUT2D eigenvalue weighted by atomic mass is 35.5. The summed E-state index contributed by atoms with van der Waals surface area (Å²) in [6, 6.07) is 14.4. The Kier molecular flexibility index (Phi) is 3.37. The Bertz CT molecular complexity index is 783. The number of aromatic amines is 1. The minimum Gasteiger partial charge on any atom is -0.361 e. The largest absolute Gasteiger partial charge is 0.361 e. The van der Waals surface area contributed by atoms with Crippen LogP contribution >= 0.6 is 11.6 Å². The Morgan fingerprint density at radius 2 is 2.00 bits per heavy atom. The number of aryl methyl sites for hydroxylation is 1. The van der Waals surface area contributed by atoms with Crippen LogP contribution in [0.2, 0.25) is 5.02 Å². The van der Waals surface area contributed by atoms with Crippen LogP contribution in [0, 0.1) is 6.92 Å². The summed E-state index contributed by atoms with van der Waals surface area (Å²) in [4.78, 5) is 3.28. The SMILES string of the molecule is C=C(Cc1ccc(C)cc1Cl)c1c[nH]c2ccccc12. The van der Waals surface area contributed by atoms with Gasteiger partial charge in [0.1, 0.15) is 0 Å². The number of allylic oxidation sites excluding steroid dienone is 1. The summed E-state index contributed by atoms with van der Waals surface area (Å²) in [6.07, 6.45) is 2.79. The predicted molar refractivity (Wildman–Crippen MR) is 87.2 cm³/mol.